The molecule has 0 radical (unpaired) electrons. The number of primary amides is 1. The lowest BCUT2D eigenvalue weighted by Gasteiger charge is -2.03. The van der Waals surface area contributed by atoms with Crippen molar-refractivity contribution in [3.8, 4) is 0 Å². The number of rotatable bonds is 2. The monoisotopic (exact) mass is 165 g/mol. The summed E-state index contributed by atoms with van der Waals surface area (Å²) >= 11 is 0. The molecule has 1 heterocycles. The fraction of sp³-hybridized carbons (Fsp3) is 0.250. The van der Waals surface area contributed by atoms with Gasteiger partial charge >= 0.3 is 0 Å². The lowest BCUT2D eigenvalue weighted by molar-refractivity contribution is 0.1000. The zero-order chi connectivity index (χ0) is 9.14. The van der Waals surface area contributed by atoms with Gasteiger partial charge in [0.2, 0.25) is 5.91 Å². The van der Waals surface area contributed by atoms with E-state index in [2.05, 4.69) is 4.98 Å². The minimum Gasteiger partial charge on any atom is -0.366 e. The molecule has 1 atom stereocenters. The van der Waals surface area contributed by atoms with Gasteiger partial charge in [0.15, 0.2) is 0 Å². The molecule has 1 rings (SSSR count). The van der Waals surface area contributed by atoms with Crippen LogP contribution in [-0.4, -0.2) is 10.9 Å². The molecule has 4 nitrogen and oxygen atoms in total. The molecule has 0 aliphatic rings. The van der Waals surface area contributed by atoms with Crippen molar-refractivity contribution in [2.24, 2.45) is 11.5 Å². The molecule has 0 spiro atoms. The Morgan fingerprint density at radius 1 is 1.58 bits per heavy atom. The van der Waals surface area contributed by atoms with Gasteiger partial charge in [-0.2, -0.15) is 0 Å². The first-order valence-electron chi connectivity index (χ1n) is 3.62. The van der Waals surface area contributed by atoms with Gasteiger partial charge in [0.25, 0.3) is 0 Å². The van der Waals surface area contributed by atoms with Gasteiger partial charge in [0, 0.05) is 12.2 Å². The molecule has 0 saturated carbocycles. The third kappa shape index (κ3) is 1.79. The van der Waals surface area contributed by atoms with Crippen LogP contribution in [0.1, 0.15) is 29.0 Å². The van der Waals surface area contributed by atoms with Gasteiger partial charge in [-0.3, -0.25) is 9.78 Å². The molecule has 0 bridgehead atoms. The van der Waals surface area contributed by atoms with Crippen molar-refractivity contribution in [3.05, 3.63) is 29.6 Å². The molecule has 4 N–H and O–H groups in total. The average molecular weight is 165 g/mol. The summed E-state index contributed by atoms with van der Waals surface area (Å²) in [7, 11) is 0. The highest BCUT2D eigenvalue weighted by atomic mass is 16.1. The Bertz CT molecular complexity index is 279. The zero-order valence-corrected chi connectivity index (χ0v) is 6.82. The number of hydrogen-bond acceptors (Lipinski definition) is 3. The van der Waals surface area contributed by atoms with Crippen LogP contribution in [0.2, 0.25) is 0 Å². The predicted molar refractivity (Wildman–Crippen MR) is 45.4 cm³/mol. The third-order valence-corrected chi connectivity index (χ3v) is 1.54. The number of nitrogens with two attached hydrogens (primary N) is 2. The first-order valence-corrected chi connectivity index (χ1v) is 3.62. The number of carbonyl (C=O) groups excluding carboxylic acids is 1. The minimum atomic E-state index is -0.473. The Hall–Kier alpha value is -1.42. The fourth-order valence-electron chi connectivity index (χ4n) is 0.820. The summed E-state index contributed by atoms with van der Waals surface area (Å²) in [6.07, 6.45) is 1.43. The van der Waals surface area contributed by atoms with Crippen LogP contribution in [0.5, 0.6) is 0 Å². The summed E-state index contributed by atoms with van der Waals surface area (Å²) < 4.78 is 0. The first kappa shape index (κ1) is 8.67. The van der Waals surface area contributed by atoms with Crippen molar-refractivity contribution >= 4 is 5.91 Å². The minimum absolute atomic E-state index is 0.119. The molecule has 1 unspecified atom stereocenters. The second kappa shape index (κ2) is 3.32. The Morgan fingerprint density at radius 2 is 2.25 bits per heavy atom. The largest absolute Gasteiger partial charge is 0.366 e. The Morgan fingerprint density at radius 3 is 2.58 bits per heavy atom. The second-order valence-corrected chi connectivity index (χ2v) is 2.62. The van der Waals surface area contributed by atoms with Gasteiger partial charge in [0.05, 0.1) is 11.3 Å². The van der Waals surface area contributed by atoms with Crippen LogP contribution < -0.4 is 11.5 Å². The van der Waals surface area contributed by atoms with Crippen LogP contribution in [0.15, 0.2) is 18.3 Å². The van der Waals surface area contributed by atoms with Crippen LogP contribution in [0.3, 0.4) is 0 Å². The van der Waals surface area contributed by atoms with E-state index in [-0.39, 0.29) is 6.04 Å². The highest BCUT2D eigenvalue weighted by Gasteiger charge is 2.03. The summed E-state index contributed by atoms with van der Waals surface area (Å²) in [6, 6.07) is 3.20. The number of aromatic nitrogens is 1. The molecule has 0 aromatic carbocycles. The summed E-state index contributed by atoms with van der Waals surface area (Å²) in [4.78, 5) is 14.6. The Labute approximate surface area is 70.6 Å². The van der Waals surface area contributed by atoms with Crippen molar-refractivity contribution in [1.29, 1.82) is 0 Å². The van der Waals surface area contributed by atoms with Crippen LogP contribution in [0.4, 0.5) is 0 Å². The topological polar surface area (TPSA) is 82.0 Å². The van der Waals surface area contributed by atoms with E-state index in [4.69, 9.17) is 11.5 Å². The summed E-state index contributed by atoms with van der Waals surface area (Å²) in [5, 5.41) is 0. The van der Waals surface area contributed by atoms with Crippen LogP contribution >= 0.6 is 0 Å². The highest BCUT2D eigenvalue weighted by Crippen LogP contribution is 2.06. The molecular weight excluding hydrogens is 154 g/mol. The average Bonchev–Trinajstić information content (AvgIpc) is 2.04. The number of pyridine rings is 1. The summed E-state index contributed by atoms with van der Waals surface area (Å²) in [5.74, 6) is -0.473. The SMILES string of the molecule is CC(N)c1ccc(C(N)=O)cn1. The molecule has 0 aliphatic carbocycles. The molecule has 4 heteroatoms. The first-order chi connectivity index (χ1) is 5.61. The quantitative estimate of drug-likeness (QED) is 0.656. The summed E-state index contributed by atoms with van der Waals surface area (Å²) in [5.41, 5.74) is 11.7. The van der Waals surface area contributed by atoms with E-state index >= 15 is 0 Å². The molecule has 1 amide bonds. The second-order valence-electron chi connectivity index (χ2n) is 2.62. The maximum atomic E-state index is 10.6. The van der Waals surface area contributed by atoms with E-state index in [1.165, 1.54) is 6.20 Å². The number of carbonyl (C=O) groups is 1. The van der Waals surface area contributed by atoms with E-state index in [0.717, 1.165) is 5.69 Å². The number of nitrogens with zero attached hydrogens (tertiary/aromatic N) is 1. The van der Waals surface area contributed by atoms with Gasteiger partial charge < -0.3 is 11.5 Å². The Kier molecular flexibility index (Phi) is 2.40. The van der Waals surface area contributed by atoms with Crippen LogP contribution in [0, 0.1) is 0 Å². The van der Waals surface area contributed by atoms with E-state index < -0.39 is 5.91 Å². The third-order valence-electron chi connectivity index (χ3n) is 1.54. The smallest absolute Gasteiger partial charge is 0.250 e. The van der Waals surface area contributed by atoms with Gasteiger partial charge in [-0.05, 0) is 19.1 Å². The van der Waals surface area contributed by atoms with E-state index in [0.29, 0.717) is 5.56 Å². The van der Waals surface area contributed by atoms with E-state index in [1.807, 2.05) is 6.92 Å². The van der Waals surface area contributed by atoms with Crippen molar-refractivity contribution in [2.75, 3.05) is 0 Å². The lowest BCUT2D eigenvalue weighted by Crippen LogP contribution is -2.13. The van der Waals surface area contributed by atoms with Crippen LogP contribution in [0.25, 0.3) is 0 Å². The Balaban J connectivity index is 2.93. The van der Waals surface area contributed by atoms with Crippen molar-refractivity contribution in [2.45, 2.75) is 13.0 Å². The number of hydrogen-bond donors (Lipinski definition) is 2. The van der Waals surface area contributed by atoms with Crippen molar-refractivity contribution in [3.63, 3.8) is 0 Å². The van der Waals surface area contributed by atoms with Gasteiger partial charge in [-0.1, -0.05) is 0 Å². The molecule has 64 valence electrons. The van der Waals surface area contributed by atoms with Gasteiger partial charge in [-0.15, -0.1) is 0 Å². The molecule has 0 fully saturated rings. The summed E-state index contributed by atoms with van der Waals surface area (Å²) in [6.45, 7) is 1.83. The van der Waals surface area contributed by atoms with Crippen LogP contribution in [-0.2, 0) is 0 Å². The highest BCUT2D eigenvalue weighted by molar-refractivity contribution is 5.92. The van der Waals surface area contributed by atoms with Crippen molar-refractivity contribution in [1.82, 2.24) is 4.98 Å². The standard InChI is InChI=1S/C8H11N3O/c1-5(9)7-3-2-6(4-11-7)8(10)12/h2-5H,9H2,1H3,(H2,10,12). The predicted octanol–water partition coefficient (Wildman–Crippen LogP) is 0.200. The fourth-order valence-corrected chi connectivity index (χ4v) is 0.820. The maximum Gasteiger partial charge on any atom is 0.250 e. The molecular formula is C8H11N3O. The molecule has 1 aromatic heterocycles. The van der Waals surface area contributed by atoms with Crippen molar-refractivity contribution < 1.29 is 4.79 Å². The van der Waals surface area contributed by atoms with E-state index in [9.17, 15) is 4.79 Å². The molecule has 0 saturated heterocycles. The van der Waals surface area contributed by atoms with Gasteiger partial charge in [0.1, 0.15) is 0 Å². The molecule has 12 heavy (non-hydrogen) atoms. The number of amides is 1. The maximum absolute atomic E-state index is 10.6. The molecule has 1 aromatic rings. The van der Waals surface area contributed by atoms with Gasteiger partial charge in [-0.25, -0.2) is 0 Å². The van der Waals surface area contributed by atoms with E-state index in [1.54, 1.807) is 12.1 Å². The molecule has 0 aliphatic heterocycles. The lowest BCUT2D eigenvalue weighted by atomic mass is 10.2. The zero-order valence-electron chi connectivity index (χ0n) is 6.82. The normalized spacial score (nSPS) is 12.5.